The molecule has 0 saturated heterocycles. The van der Waals surface area contributed by atoms with Gasteiger partial charge in [-0.25, -0.2) is 4.79 Å². The second kappa shape index (κ2) is 7.38. The van der Waals surface area contributed by atoms with Crippen molar-refractivity contribution in [1.82, 2.24) is 9.97 Å². The van der Waals surface area contributed by atoms with E-state index in [0.717, 1.165) is 11.1 Å². The molecule has 24 heavy (non-hydrogen) atoms. The molecule has 2 heterocycles. The molecular formula is C20H18N2O2. The van der Waals surface area contributed by atoms with E-state index in [2.05, 4.69) is 15.9 Å². The van der Waals surface area contributed by atoms with Crippen LogP contribution in [0.2, 0.25) is 0 Å². The average Bonchev–Trinajstić information content (AvgIpc) is 2.62. The Balaban J connectivity index is 2.62. The third-order valence-electron chi connectivity index (χ3n) is 3.71. The molecule has 1 atom stereocenters. The van der Waals surface area contributed by atoms with Gasteiger partial charge >= 0.3 is 5.97 Å². The van der Waals surface area contributed by atoms with Crippen molar-refractivity contribution in [3.05, 3.63) is 77.9 Å². The highest BCUT2D eigenvalue weighted by molar-refractivity contribution is 5.91. The smallest absolute Gasteiger partial charge is 0.331 e. The number of carbonyl (C=O) groups is 1. The van der Waals surface area contributed by atoms with E-state index in [9.17, 15) is 9.90 Å². The number of aliphatic carboxylic acids is 1. The van der Waals surface area contributed by atoms with Crippen LogP contribution in [0.1, 0.15) is 25.0 Å². The first-order valence-electron chi connectivity index (χ1n) is 7.39. The number of allylic oxidation sites excluding steroid dienone is 3. The third kappa shape index (κ3) is 3.96. The van der Waals surface area contributed by atoms with Gasteiger partial charge in [0.2, 0.25) is 0 Å². The van der Waals surface area contributed by atoms with Gasteiger partial charge in [0.1, 0.15) is 0 Å². The molecule has 0 aromatic carbocycles. The fourth-order valence-electron chi connectivity index (χ4n) is 2.23. The summed E-state index contributed by atoms with van der Waals surface area (Å²) < 4.78 is 0. The van der Waals surface area contributed by atoms with Crippen molar-refractivity contribution in [1.29, 1.82) is 0 Å². The van der Waals surface area contributed by atoms with Gasteiger partial charge in [0, 0.05) is 30.4 Å². The summed E-state index contributed by atoms with van der Waals surface area (Å²) in [6.07, 6.45) is 16.0. The quantitative estimate of drug-likeness (QED) is 0.521. The van der Waals surface area contributed by atoms with Crippen LogP contribution in [0.25, 0.3) is 5.57 Å². The molecule has 2 aromatic heterocycles. The summed E-state index contributed by atoms with van der Waals surface area (Å²) >= 11 is 0. The first kappa shape index (κ1) is 17.2. The minimum absolute atomic E-state index is 0.218. The maximum atomic E-state index is 11.2. The molecule has 1 N–H and O–H groups in total. The van der Waals surface area contributed by atoms with E-state index in [1.807, 2.05) is 31.2 Å². The summed E-state index contributed by atoms with van der Waals surface area (Å²) in [5.41, 5.74) is 1.84. The van der Waals surface area contributed by atoms with Gasteiger partial charge in [-0.05, 0) is 48.8 Å². The highest BCUT2D eigenvalue weighted by Gasteiger charge is 2.22. The summed E-state index contributed by atoms with van der Waals surface area (Å²) in [4.78, 5) is 19.4. The number of hydrogen-bond donors (Lipinski definition) is 1. The Labute approximate surface area is 141 Å². The number of carboxylic acids is 1. The van der Waals surface area contributed by atoms with Crippen LogP contribution in [0.5, 0.6) is 0 Å². The lowest BCUT2D eigenvalue weighted by molar-refractivity contribution is -0.132. The monoisotopic (exact) mass is 318 g/mol. The number of nitrogens with zero attached hydrogens (tertiary/aromatic N) is 2. The van der Waals surface area contributed by atoms with Crippen LogP contribution in [0, 0.1) is 12.3 Å². The molecule has 0 fully saturated rings. The Bertz CT molecular complexity index is 818. The van der Waals surface area contributed by atoms with Crippen LogP contribution in [0.15, 0.2) is 66.8 Å². The van der Waals surface area contributed by atoms with Crippen LogP contribution >= 0.6 is 0 Å². The molecule has 4 heteroatoms. The molecule has 0 radical (unpaired) electrons. The molecule has 0 spiro atoms. The van der Waals surface area contributed by atoms with Crippen LogP contribution in [0.4, 0.5) is 0 Å². The molecule has 0 bridgehead atoms. The van der Waals surface area contributed by atoms with Gasteiger partial charge in [-0.15, -0.1) is 6.42 Å². The van der Waals surface area contributed by atoms with Crippen molar-refractivity contribution < 1.29 is 9.90 Å². The zero-order chi connectivity index (χ0) is 17.6. The molecule has 0 aliphatic heterocycles. The summed E-state index contributed by atoms with van der Waals surface area (Å²) in [5.74, 6) is 1.81. The molecule has 120 valence electrons. The largest absolute Gasteiger partial charge is 0.478 e. The molecule has 0 aliphatic carbocycles. The van der Waals surface area contributed by atoms with Crippen molar-refractivity contribution >= 4 is 11.5 Å². The number of rotatable bonds is 5. The molecule has 0 aliphatic rings. The topological polar surface area (TPSA) is 63.1 Å². The second-order valence-corrected chi connectivity index (χ2v) is 5.56. The Kier molecular flexibility index (Phi) is 5.28. The lowest BCUT2D eigenvalue weighted by atomic mass is 9.81. The molecular weight excluding hydrogens is 300 g/mol. The van der Waals surface area contributed by atoms with E-state index in [0.29, 0.717) is 5.57 Å². The zero-order valence-corrected chi connectivity index (χ0v) is 13.6. The molecule has 2 rings (SSSR count). The molecule has 1 unspecified atom stereocenters. The van der Waals surface area contributed by atoms with Crippen LogP contribution < -0.4 is 0 Å². The van der Waals surface area contributed by atoms with Gasteiger partial charge in [0.25, 0.3) is 0 Å². The van der Waals surface area contributed by atoms with Crippen molar-refractivity contribution in [3.8, 4) is 12.3 Å². The minimum atomic E-state index is -0.978. The van der Waals surface area contributed by atoms with Crippen LogP contribution in [0.3, 0.4) is 0 Å². The van der Waals surface area contributed by atoms with Gasteiger partial charge in [-0.3, -0.25) is 9.97 Å². The fraction of sp³-hybridized carbons (Fsp3) is 0.150. The summed E-state index contributed by atoms with van der Waals surface area (Å²) in [6.45, 7) is 3.44. The SMILES string of the molecule is C#CC(C)(/C=C(\C=C(/C)C(=O)O)c1cccnc1)c1cccnc1. The molecule has 2 aromatic rings. The van der Waals surface area contributed by atoms with E-state index in [1.54, 1.807) is 43.9 Å². The lowest BCUT2D eigenvalue weighted by Gasteiger charge is -2.21. The lowest BCUT2D eigenvalue weighted by Crippen LogP contribution is -2.17. The Morgan fingerprint density at radius 1 is 1.25 bits per heavy atom. The second-order valence-electron chi connectivity index (χ2n) is 5.56. The predicted molar refractivity (Wildman–Crippen MR) is 94.0 cm³/mol. The molecule has 0 saturated carbocycles. The number of aromatic nitrogens is 2. The van der Waals surface area contributed by atoms with Crippen LogP contribution in [-0.4, -0.2) is 21.0 Å². The fourth-order valence-corrected chi connectivity index (χ4v) is 2.23. The van der Waals surface area contributed by atoms with E-state index >= 15 is 0 Å². The van der Waals surface area contributed by atoms with Crippen molar-refractivity contribution in [3.63, 3.8) is 0 Å². The molecule has 4 nitrogen and oxygen atoms in total. The van der Waals surface area contributed by atoms with E-state index in [-0.39, 0.29) is 5.57 Å². The van der Waals surface area contributed by atoms with Gasteiger partial charge in [0.05, 0.1) is 5.41 Å². The normalized spacial score (nSPS) is 14.5. The summed E-state index contributed by atoms with van der Waals surface area (Å²) in [6, 6.07) is 7.38. The van der Waals surface area contributed by atoms with Gasteiger partial charge in [0.15, 0.2) is 0 Å². The van der Waals surface area contributed by atoms with Gasteiger partial charge in [-0.2, -0.15) is 0 Å². The highest BCUT2D eigenvalue weighted by atomic mass is 16.4. The standard InChI is InChI=1S/C20H18N2O2/c1-4-20(3,18-8-6-10-22-14-18)12-17(11-15(2)19(23)24)16-7-5-9-21-13-16/h1,5-14H,2-3H3,(H,23,24)/b15-11+,17-12+. The zero-order valence-electron chi connectivity index (χ0n) is 13.6. The predicted octanol–water partition coefficient (Wildman–Crippen LogP) is 3.48. The number of terminal acetylenes is 1. The Morgan fingerprint density at radius 2 is 1.92 bits per heavy atom. The number of carboxylic acid groups (broad SMARTS) is 1. The van der Waals surface area contributed by atoms with Crippen molar-refractivity contribution in [2.75, 3.05) is 0 Å². The third-order valence-corrected chi connectivity index (χ3v) is 3.71. The first-order chi connectivity index (χ1) is 11.5. The first-order valence-corrected chi connectivity index (χ1v) is 7.39. The van der Waals surface area contributed by atoms with Gasteiger partial charge < -0.3 is 5.11 Å². The Morgan fingerprint density at radius 3 is 2.42 bits per heavy atom. The maximum absolute atomic E-state index is 11.2. The Hall–Kier alpha value is -3.19. The van der Waals surface area contributed by atoms with E-state index < -0.39 is 11.4 Å². The summed E-state index contributed by atoms with van der Waals surface area (Å²) in [7, 11) is 0. The van der Waals surface area contributed by atoms with E-state index in [4.69, 9.17) is 6.42 Å². The maximum Gasteiger partial charge on any atom is 0.331 e. The molecule has 0 amide bonds. The highest BCUT2D eigenvalue weighted by Crippen LogP contribution is 2.29. The van der Waals surface area contributed by atoms with Crippen LogP contribution in [-0.2, 0) is 10.2 Å². The number of hydrogen-bond acceptors (Lipinski definition) is 3. The van der Waals surface area contributed by atoms with Gasteiger partial charge in [-0.1, -0.05) is 24.1 Å². The van der Waals surface area contributed by atoms with E-state index in [1.165, 1.54) is 0 Å². The average molecular weight is 318 g/mol. The summed E-state index contributed by atoms with van der Waals surface area (Å²) in [5, 5.41) is 9.19. The number of pyridine rings is 2. The van der Waals surface area contributed by atoms with Crippen molar-refractivity contribution in [2.45, 2.75) is 19.3 Å². The minimum Gasteiger partial charge on any atom is -0.478 e. The van der Waals surface area contributed by atoms with Crippen molar-refractivity contribution in [2.24, 2.45) is 0 Å².